The van der Waals surface area contributed by atoms with Crippen molar-refractivity contribution in [2.24, 2.45) is 5.92 Å². The molecule has 4 aromatic rings. The van der Waals surface area contributed by atoms with Crippen molar-refractivity contribution in [3.63, 3.8) is 0 Å². The first kappa shape index (κ1) is 26.4. The Balaban J connectivity index is 0.000000287. The van der Waals surface area contributed by atoms with Gasteiger partial charge < -0.3 is 9.72 Å². The summed E-state index contributed by atoms with van der Waals surface area (Å²) in [5.74, 6) is 3.19. The van der Waals surface area contributed by atoms with Crippen LogP contribution in [0.5, 0.6) is 5.75 Å². The van der Waals surface area contributed by atoms with E-state index in [-0.39, 0.29) is 0 Å². The molecule has 0 amide bonds. The van der Waals surface area contributed by atoms with E-state index in [1.165, 1.54) is 23.1 Å². The number of ether oxygens (including phenoxy) is 1. The lowest BCUT2D eigenvalue weighted by atomic mass is 10.0. The van der Waals surface area contributed by atoms with Crippen LogP contribution in [-0.2, 0) is 6.42 Å². The first-order valence-corrected chi connectivity index (χ1v) is 12.8. The van der Waals surface area contributed by atoms with Crippen LogP contribution in [0.15, 0.2) is 48.8 Å². The molecule has 0 bridgehead atoms. The van der Waals surface area contributed by atoms with Gasteiger partial charge in [0.1, 0.15) is 17.9 Å². The van der Waals surface area contributed by atoms with Gasteiger partial charge in [0.2, 0.25) is 0 Å². The van der Waals surface area contributed by atoms with Crippen LogP contribution in [0.2, 0.25) is 0 Å². The standard InChI is InChI=1S/C22H28N2O.C8H12N2/c1-5-15(3)11-12-25-22-10-8-18(13-17(22)6-2)19-7-9-20-21(14-19)24-16(4)23-20;1-6(2)8-4-7(3)9-5-10-8/h7-10,13-15H,5-6,11-12H2,1-4H3,(H,23,24);4-6H,1-3H3. The van der Waals surface area contributed by atoms with Crippen molar-refractivity contribution in [3.8, 4) is 16.9 Å². The van der Waals surface area contributed by atoms with E-state index in [2.05, 4.69) is 91.0 Å². The second kappa shape index (κ2) is 12.5. The average molecular weight is 473 g/mol. The summed E-state index contributed by atoms with van der Waals surface area (Å²) >= 11 is 0. The molecule has 2 aromatic carbocycles. The van der Waals surface area contributed by atoms with E-state index < -0.39 is 0 Å². The van der Waals surface area contributed by atoms with Crippen LogP contribution < -0.4 is 4.74 Å². The van der Waals surface area contributed by atoms with Gasteiger partial charge in [-0.25, -0.2) is 15.0 Å². The highest BCUT2D eigenvalue weighted by Crippen LogP contribution is 2.29. The van der Waals surface area contributed by atoms with Crippen LogP contribution >= 0.6 is 0 Å². The highest BCUT2D eigenvalue weighted by atomic mass is 16.5. The quantitative estimate of drug-likeness (QED) is 0.284. The molecule has 186 valence electrons. The third-order valence-corrected chi connectivity index (χ3v) is 6.36. The molecule has 2 heterocycles. The largest absolute Gasteiger partial charge is 0.493 e. The maximum atomic E-state index is 6.05. The van der Waals surface area contributed by atoms with E-state index in [0.29, 0.717) is 11.8 Å². The highest BCUT2D eigenvalue weighted by molar-refractivity contribution is 5.82. The number of nitrogens with one attached hydrogen (secondary N) is 1. The number of rotatable bonds is 8. The van der Waals surface area contributed by atoms with E-state index in [4.69, 9.17) is 4.74 Å². The normalized spacial score (nSPS) is 11.9. The Bertz CT molecular complexity index is 1230. The topological polar surface area (TPSA) is 63.7 Å². The number of hydrogen-bond acceptors (Lipinski definition) is 4. The van der Waals surface area contributed by atoms with Crippen molar-refractivity contribution in [1.82, 2.24) is 19.9 Å². The van der Waals surface area contributed by atoms with Crippen molar-refractivity contribution < 1.29 is 4.74 Å². The molecule has 0 aliphatic rings. The summed E-state index contributed by atoms with van der Waals surface area (Å²) < 4.78 is 6.05. The predicted molar refractivity (Wildman–Crippen MR) is 146 cm³/mol. The minimum atomic E-state index is 0.502. The minimum absolute atomic E-state index is 0.502. The van der Waals surface area contributed by atoms with Crippen LogP contribution in [0.25, 0.3) is 22.2 Å². The van der Waals surface area contributed by atoms with Crippen LogP contribution in [0, 0.1) is 19.8 Å². The average Bonchev–Trinajstić information content (AvgIpc) is 3.23. The molecule has 35 heavy (non-hydrogen) atoms. The Morgan fingerprint density at radius 3 is 2.31 bits per heavy atom. The smallest absolute Gasteiger partial charge is 0.122 e. The molecule has 0 saturated heterocycles. The van der Waals surface area contributed by atoms with Crippen molar-refractivity contribution in [3.05, 3.63) is 71.6 Å². The van der Waals surface area contributed by atoms with Gasteiger partial charge in [-0.05, 0) is 85.5 Å². The van der Waals surface area contributed by atoms with E-state index in [0.717, 1.165) is 53.4 Å². The Labute approximate surface area is 210 Å². The zero-order chi connectivity index (χ0) is 25.4. The van der Waals surface area contributed by atoms with Gasteiger partial charge in [-0.2, -0.15) is 0 Å². The molecule has 0 spiro atoms. The van der Waals surface area contributed by atoms with Gasteiger partial charge in [0.05, 0.1) is 17.6 Å². The van der Waals surface area contributed by atoms with Gasteiger partial charge in [-0.3, -0.25) is 0 Å². The predicted octanol–water partition coefficient (Wildman–Crippen LogP) is 7.82. The van der Waals surface area contributed by atoms with Crippen molar-refractivity contribution in [1.29, 1.82) is 0 Å². The fourth-order valence-electron chi connectivity index (χ4n) is 3.86. The molecule has 0 aliphatic heterocycles. The van der Waals surface area contributed by atoms with Gasteiger partial charge in [0.25, 0.3) is 0 Å². The Morgan fingerprint density at radius 2 is 1.66 bits per heavy atom. The molecule has 0 fully saturated rings. The van der Waals surface area contributed by atoms with Crippen LogP contribution in [0.4, 0.5) is 0 Å². The SMILES string of the molecule is CCc1cc(-c2ccc3nc(C)[nH]c3c2)ccc1OCCC(C)CC.Cc1cc(C(C)C)ncn1. The molecule has 0 radical (unpaired) electrons. The lowest BCUT2D eigenvalue weighted by Crippen LogP contribution is -2.04. The molecule has 4 rings (SSSR count). The lowest BCUT2D eigenvalue weighted by Gasteiger charge is -2.14. The van der Waals surface area contributed by atoms with E-state index in [1.807, 2.05) is 19.9 Å². The molecule has 2 aromatic heterocycles. The third-order valence-electron chi connectivity index (χ3n) is 6.36. The maximum Gasteiger partial charge on any atom is 0.122 e. The molecule has 0 saturated carbocycles. The monoisotopic (exact) mass is 472 g/mol. The number of imidazole rings is 1. The molecule has 1 N–H and O–H groups in total. The van der Waals surface area contributed by atoms with Crippen LogP contribution in [-0.4, -0.2) is 26.5 Å². The van der Waals surface area contributed by atoms with E-state index in [9.17, 15) is 0 Å². The van der Waals surface area contributed by atoms with Gasteiger partial charge in [-0.1, -0.05) is 53.2 Å². The Morgan fingerprint density at radius 1 is 0.914 bits per heavy atom. The fraction of sp³-hybridized carbons (Fsp3) is 0.433. The number of aryl methyl sites for hydroxylation is 3. The van der Waals surface area contributed by atoms with E-state index >= 15 is 0 Å². The van der Waals surface area contributed by atoms with Crippen molar-refractivity contribution >= 4 is 11.0 Å². The molecule has 5 heteroatoms. The second-order valence-corrected chi connectivity index (χ2v) is 9.62. The summed E-state index contributed by atoms with van der Waals surface area (Å²) in [6.45, 7) is 15.7. The van der Waals surface area contributed by atoms with Crippen molar-refractivity contribution in [2.75, 3.05) is 6.61 Å². The zero-order valence-corrected chi connectivity index (χ0v) is 22.4. The third kappa shape index (κ3) is 7.38. The number of aromatic amines is 1. The minimum Gasteiger partial charge on any atom is -0.493 e. The highest BCUT2D eigenvalue weighted by Gasteiger charge is 2.08. The summed E-state index contributed by atoms with van der Waals surface area (Å²) in [7, 11) is 0. The second-order valence-electron chi connectivity index (χ2n) is 9.62. The molecule has 0 aliphatic carbocycles. The van der Waals surface area contributed by atoms with Gasteiger partial charge in [0.15, 0.2) is 0 Å². The van der Waals surface area contributed by atoms with Gasteiger partial charge in [0, 0.05) is 11.4 Å². The van der Waals surface area contributed by atoms with Crippen molar-refractivity contribution in [2.45, 2.75) is 73.6 Å². The van der Waals surface area contributed by atoms with Gasteiger partial charge in [-0.15, -0.1) is 0 Å². The summed E-state index contributed by atoms with van der Waals surface area (Å²) in [5, 5.41) is 0. The molecular formula is C30H40N4O. The number of hydrogen-bond donors (Lipinski definition) is 1. The summed E-state index contributed by atoms with van der Waals surface area (Å²) in [6.07, 6.45) is 4.90. The number of fused-ring (bicyclic) bond motifs is 1. The first-order chi connectivity index (χ1) is 16.8. The summed E-state index contributed by atoms with van der Waals surface area (Å²) in [4.78, 5) is 15.9. The van der Waals surface area contributed by atoms with Crippen LogP contribution in [0.3, 0.4) is 0 Å². The van der Waals surface area contributed by atoms with Crippen LogP contribution in [0.1, 0.15) is 76.2 Å². The maximum absolute atomic E-state index is 6.05. The number of H-pyrrole nitrogens is 1. The summed E-state index contributed by atoms with van der Waals surface area (Å²) in [6, 6.07) is 14.9. The number of nitrogens with zero attached hydrogens (tertiary/aromatic N) is 3. The van der Waals surface area contributed by atoms with E-state index in [1.54, 1.807) is 6.33 Å². The molecule has 1 unspecified atom stereocenters. The molecule has 5 nitrogen and oxygen atoms in total. The molecule has 1 atom stereocenters. The first-order valence-electron chi connectivity index (χ1n) is 12.8. The Hall–Kier alpha value is -3.21. The number of aromatic nitrogens is 4. The fourth-order valence-corrected chi connectivity index (χ4v) is 3.86. The lowest BCUT2D eigenvalue weighted by molar-refractivity contribution is 0.279. The molecular weight excluding hydrogens is 432 g/mol. The number of benzene rings is 2. The zero-order valence-electron chi connectivity index (χ0n) is 22.4. The van der Waals surface area contributed by atoms with Gasteiger partial charge >= 0.3 is 0 Å². The summed E-state index contributed by atoms with van der Waals surface area (Å²) in [5.41, 5.74) is 7.95. The Kier molecular flexibility index (Phi) is 9.41.